The van der Waals surface area contributed by atoms with E-state index < -0.39 is 0 Å². The highest BCUT2D eigenvalue weighted by Crippen LogP contribution is 2.22. The van der Waals surface area contributed by atoms with Gasteiger partial charge in [0.2, 0.25) is 11.9 Å². The van der Waals surface area contributed by atoms with E-state index in [9.17, 15) is 4.79 Å². The Morgan fingerprint density at radius 1 is 1.47 bits per heavy atom. The zero-order valence-electron chi connectivity index (χ0n) is 9.50. The first kappa shape index (κ1) is 10.5. The van der Waals surface area contributed by atoms with E-state index in [1.807, 2.05) is 4.90 Å². The van der Waals surface area contributed by atoms with Gasteiger partial charge < -0.3 is 15.0 Å². The van der Waals surface area contributed by atoms with Crippen molar-refractivity contribution in [2.24, 2.45) is 0 Å². The third kappa shape index (κ3) is 1.86. The number of amides is 1. The number of hydrogen-bond acceptors (Lipinski definition) is 5. The van der Waals surface area contributed by atoms with Gasteiger partial charge in [-0.25, -0.2) is 4.68 Å². The number of nitrogens with zero attached hydrogens (tertiary/aromatic N) is 4. The van der Waals surface area contributed by atoms with Crippen LogP contribution in [0.3, 0.4) is 0 Å². The molecule has 3 heterocycles. The van der Waals surface area contributed by atoms with E-state index in [1.54, 1.807) is 4.68 Å². The van der Waals surface area contributed by atoms with E-state index in [2.05, 4.69) is 15.4 Å². The number of nitrogens with one attached hydrogen (secondary N) is 1. The van der Waals surface area contributed by atoms with Gasteiger partial charge in [-0.15, -0.1) is 0 Å². The molecule has 3 rings (SSSR count). The lowest BCUT2D eigenvalue weighted by atomic mass is 10.1. The standard InChI is InChI=1S/C10H15N5O2/c16-9(14-3-5-17-6-4-14)8-1-2-11-10-12-7-13-15(8)10/h7-8H,1-6H2,(H,11,12,13)/t8-/m0/s1. The summed E-state index contributed by atoms with van der Waals surface area (Å²) < 4.78 is 6.93. The number of morpholine rings is 1. The van der Waals surface area contributed by atoms with Crippen LogP contribution in [0.25, 0.3) is 0 Å². The first-order valence-electron chi connectivity index (χ1n) is 5.86. The molecule has 1 aromatic heterocycles. The van der Waals surface area contributed by atoms with E-state index in [1.165, 1.54) is 6.33 Å². The summed E-state index contributed by atoms with van der Waals surface area (Å²) in [5.41, 5.74) is 0. The van der Waals surface area contributed by atoms with Crippen LogP contribution in [-0.2, 0) is 9.53 Å². The summed E-state index contributed by atoms with van der Waals surface area (Å²) >= 11 is 0. The highest BCUT2D eigenvalue weighted by Gasteiger charge is 2.31. The second kappa shape index (κ2) is 4.33. The lowest BCUT2D eigenvalue weighted by Gasteiger charge is -2.32. The molecule has 1 amide bonds. The number of aromatic nitrogens is 3. The maximum absolute atomic E-state index is 12.4. The van der Waals surface area contributed by atoms with E-state index in [4.69, 9.17) is 4.74 Å². The van der Waals surface area contributed by atoms with E-state index in [0.29, 0.717) is 32.3 Å². The fourth-order valence-corrected chi connectivity index (χ4v) is 2.27. The molecule has 1 N–H and O–H groups in total. The summed E-state index contributed by atoms with van der Waals surface area (Å²) in [6, 6.07) is -0.216. The van der Waals surface area contributed by atoms with Crippen molar-refractivity contribution in [2.45, 2.75) is 12.5 Å². The largest absolute Gasteiger partial charge is 0.378 e. The van der Waals surface area contributed by atoms with Crippen molar-refractivity contribution in [3.63, 3.8) is 0 Å². The fraction of sp³-hybridized carbons (Fsp3) is 0.700. The Labute approximate surface area is 98.8 Å². The van der Waals surface area contributed by atoms with Crippen molar-refractivity contribution in [1.29, 1.82) is 0 Å². The number of fused-ring (bicyclic) bond motifs is 1. The van der Waals surface area contributed by atoms with Gasteiger partial charge in [0.15, 0.2) is 0 Å². The predicted octanol–water partition coefficient (Wildman–Crippen LogP) is -0.506. The van der Waals surface area contributed by atoms with Crippen LogP contribution in [0.1, 0.15) is 12.5 Å². The molecule has 7 heteroatoms. The monoisotopic (exact) mass is 237 g/mol. The quantitative estimate of drug-likeness (QED) is 0.712. The van der Waals surface area contributed by atoms with Gasteiger partial charge in [-0.05, 0) is 6.42 Å². The van der Waals surface area contributed by atoms with Gasteiger partial charge in [-0.3, -0.25) is 4.79 Å². The Balaban J connectivity index is 1.79. The molecule has 0 aliphatic carbocycles. The van der Waals surface area contributed by atoms with E-state index >= 15 is 0 Å². The first-order chi connectivity index (χ1) is 8.36. The summed E-state index contributed by atoms with van der Waals surface area (Å²) in [7, 11) is 0. The molecule has 0 bridgehead atoms. The van der Waals surface area contributed by atoms with Crippen LogP contribution in [0.5, 0.6) is 0 Å². The Kier molecular flexibility index (Phi) is 2.68. The number of rotatable bonds is 1. The number of carbonyl (C=O) groups is 1. The van der Waals surface area contributed by atoms with Crippen LogP contribution < -0.4 is 5.32 Å². The Morgan fingerprint density at radius 3 is 3.12 bits per heavy atom. The minimum Gasteiger partial charge on any atom is -0.378 e. The third-order valence-electron chi connectivity index (χ3n) is 3.18. The Hall–Kier alpha value is -1.63. The molecule has 92 valence electrons. The topological polar surface area (TPSA) is 72.3 Å². The van der Waals surface area contributed by atoms with Crippen molar-refractivity contribution < 1.29 is 9.53 Å². The van der Waals surface area contributed by atoms with Gasteiger partial charge in [-0.1, -0.05) is 0 Å². The van der Waals surface area contributed by atoms with Crippen molar-refractivity contribution in [2.75, 3.05) is 38.2 Å². The van der Waals surface area contributed by atoms with Crippen LogP contribution in [-0.4, -0.2) is 58.4 Å². The van der Waals surface area contributed by atoms with Crippen LogP contribution in [0.2, 0.25) is 0 Å². The zero-order valence-corrected chi connectivity index (χ0v) is 9.50. The molecule has 17 heavy (non-hydrogen) atoms. The predicted molar refractivity (Wildman–Crippen MR) is 59.6 cm³/mol. The molecule has 1 saturated heterocycles. The van der Waals surface area contributed by atoms with Crippen LogP contribution in [0, 0.1) is 0 Å². The summed E-state index contributed by atoms with van der Waals surface area (Å²) in [5.74, 6) is 0.810. The molecule has 1 fully saturated rings. The maximum Gasteiger partial charge on any atom is 0.247 e. The molecule has 2 aliphatic rings. The van der Waals surface area contributed by atoms with Gasteiger partial charge in [0.1, 0.15) is 12.4 Å². The molecule has 1 aromatic rings. The average Bonchev–Trinajstić information content (AvgIpc) is 2.87. The Bertz CT molecular complexity index is 413. The van der Waals surface area contributed by atoms with Crippen molar-refractivity contribution in [3.05, 3.63) is 6.33 Å². The van der Waals surface area contributed by atoms with Crippen molar-refractivity contribution >= 4 is 11.9 Å². The second-order valence-electron chi connectivity index (χ2n) is 4.20. The van der Waals surface area contributed by atoms with Crippen LogP contribution in [0.4, 0.5) is 5.95 Å². The normalized spacial score (nSPS) is 24.0. The van der Waals surface area contributed by atoms with E-state index in [0.717, 1.165) is 13.0 Å². The van der Waals surface area contributed by atoms with Crippen LogP contribution in [0.15, 0.2) is 6.33 Å². The third-order valence-corrected chi connectivity index (χ3v) is 3.18. The fourth-order valence-electron chi connectivity index (χ4n) is 2.27. The minimum absolute atomic E-state index is 0.126. The summed E-state index contributed by atoms with van der Waals surface area (Å²) in [5, 5.41) is 7.24. The summed E-state index contributed by atoms with van der Waals surface area (Å²) in [6.07, 6.45) is 2.24. The molecule has 0 aromatic carbocycles. The van der Waals surface area contributed by atoms with Gasteiger partial charge in [0, 0.05) is 19.6 Å². The smallest absolute Gasteiger partial charge is 0.247 e. The highest BCUT2D eigenvalue weighted by molar-refractivity contribution is 5.81. The molecule has 1 atom stereocenters. The molecule has 0 unspecified atom stereocenters. The highest BCUT2D eigenvalue weighted by atomic mass is 16.5. The SMILES string of the molecule is O=C([C@@H]1CCNc2ncnn21)N1CCOCC1. The van der Waals surface area contributed by atoms with Gasteiger partial charge in [0.25, 0.3) is 0 Å². The molecular formula is C10H15N5O2. The first-order valence-corrected chi connectivity index (χ1v) is 5.86. The lowest BCUT2D eigenvalue weighted by molar-refractivity contribution is -0.139. The van der Waals surface area contributed by atoms with E-state index in [-0.39, 0.29) is 11.9 Å². The van der Waals surface area contributed by atoms with Crippen molar-refractivity contribution in [3.8, 4) is 0 Å². The molecule has 0 spiro atoms. The molecule has 2 aliphatic heterocycles. The summed E-state index contributed by atoms with van der Waals surface area (Å²) in [6.45, 7) is 3.36. The van der Waals surface area contributed by atoms with Crippen molar-refractivity contribution in [1.82, 2.24) is 19.7 Å². The van der Waals surface area contributed by atoms with Gasteiger partial charge in [0.05, 0.1) is 13.2 Å². The summed E-state index contributed by atoms with van der Waals surface area (Å²) in [4.78, 5) is 18.3. The number of ether oxygens (including phenoxy) is 1. The lowest BCUT2D eigenvalue weighted by Crippen LogP contribution is -2.45. The zero-order chi connectivity index (χ0) is 11.7. The maximum atomic E-state index is 12.4. The van der Waals surface area contributed by atoms with Gasteiger partial charge >= 0.3 is 0 Å². The average molecular weight is 237 g/mol. The molecular weight excluding hydrogens is 222 g/mol. The molecule has 0 radical (unpaired) electrons. The Morgan fingerprint density at radius 2 is 2.29 bits per heavy atom. The van der Waals surface area contributed by atoms with Gasteiger partial charge in [-0.2, -0.15) is 10.1 Å². The second-order valence-corrected chi connectivity index (χ2v) is 4.20. The number of anilines is 1. The molecule has 7 nitrogen and oxygen atoms in total. The number of carbonyl (C=O) groups excluding carboxylic acids is 1. The minimum atomic E-state index is -0.216. The number of hydrogen-bond donors (Lipinski definition) is 1. The molecule has 0 saturated carbocycles. The van der Waals surface area contributed by atoms with Crippen LogP contribution >= 0.6 is 0 Å².